The minimum Gasteiger partial charge on any atom is -0.399 e. The Morgan fingerprint density at radius 2 is 1.76 bits per heavy atom. The third-order valence-corrected chi connectivity index (χ3v) is 2.90. The Labute approximate surface area is 109 Å². The number of rotatable bonds is 4. The van der Waals surface area contributed by atoms with Gasteiger partial charge in [-0.25, -0.2) is 0 Å². The fourth-order valence-corrected chi connectivity index (χ4v) is 1.23. The Morgan fingerprint density at radius 3 is 2.24 bits per heavy atom. The van der Waals surface area contributed by atoms with Gasteiger partial charge in [0, 0.05) is 17.8 Å². The average molecular weight is 257 g/mol. The summed E-state index contributed by atoms with van der Waals surface area (Å²) < 4.78 is 0. The van der Waals surface area contributed by atoms with Crippen molar-refractivity contribution in [2.24, 2.45) is 11.8 Å². The minimum atomic E-state index is -0.0347. The maximum Gasteiger partial charge on any atom is 0.251 e. The van der Waals surface area contributed by atoms with E-state index in [1.807, 2.05) is 0 Å². The van der Waals surface area contributed by atoms with Gasteiger partial charge in [-0.3, -0.25) is 4.79 Å². The lowest BCUT2D eigenvalue weighted by atomic mass is 9.98. The third kappa shape index (κ3) is 5.09. The highest BCUT2D eigenvalue weighted by Gasteiger charge is 2.10. The van der Waals surface area contributed by atoms with Crippen molar-refractivity contribution in [3.63, 3.8) is 0 Å². The lowest BCUT2D eigenvalue weighted by Crippen LogP contribution is -2.30. The number of carbonyl (C=O) groups excluding carboxylic acids is 1. The first-order valence-electron chi connectivity index (χ1n) is 5.64. The predicted molar refractivity (Wildman–Crippen MR) is 74.4 cm³/mol. The molecule has 0 aliphatic heterocycles. The maximum atomic E-state index is 11.7. The summed E-state index contributed by atoms with van der Waals surface area (Å²) in [6.45, 7) is 7.15. The molecule has 1 aromatic carbocycles. The van der Waals surface area contributed by atoms with E-state index in [1.165, 1.54) is 0 Å². The van der Waals surface area contributed by atoms with Gasteiger partial charge in [0.2, 0.25) is 0 Å². The number of nitrogens with one attached hydrogen (secondary N) is 1. The molecule has 17 heavy (non-hydrogen) atoms. The smallest absolute Gasteiger partial charge is 0.251 e. The zero-order valence-corrected chi connectivity index (χ0v) is 11.4. The molecule has 0 aliphatic rings. The number of halogens is 1. The van der Waals surface area contributed by atoms with Gasteiger partial charge >= 0.3 is 0 Å². The van der Waals surface area contributed by atoms with E-state index in [0.29, 0.717) is 29.6 Å². The Kier molecular flexibility index (Phi) is 6.66. The van der Waals surface area contributed by atoms with Crippen LogP contribution in [0.2, 0.25) is 0 Å². The van der Waals surface area contributed by atoms with E-state index in [2.05, 4.69) is 26.1 Å². The monoisotopic (exact) mass is 256 g/mol. The molecule has 0 fully saturated rings. The fourth-order valence-electron chi connectivity index (χ4n) is 1.23. The van der Waals surface area contributed by atoms with Crippen molar-refractivity contribution < 1.29 is 4.79 Å². The summed E-state index contributed by atoms with van der Waals surface area (Å²) >= 11 is 0. The number of carbonyl (C=O) groups is 1. The first-order chi connectivity index (χ1) is 7.50. The second kappa shape index (κ2) is 7.17. The quantitative estimate of drug-likeness (QED) is 0.814. The van der Waals surface area contributed by atoms with Crippen LogP contribution in [0.3, 0.4) is 0 Å². The summed E-state index contributed by atoms with van der Waals surface area (Å²) in [5.74, 6) is 1.02. The molecule has 0 spiro atoms. The first kappa shape index (κ1) is 15.8. The van der Waals surface area contributed by atoms with E-state index in [4.69, 9.17) is 5.73 Å². The number of amides is 1. The van der Waals surface area contributed by atoms with E-state index in [9.17, 15) is 4.79 Å². The molecule has 0 saturated carbocycles. The van der Waals surface area contributed by atoms with Gasteiger partial charge in [-0.1, -0.05) is 20.8 Å². The zero-order valence-electron chi connectivity index (χ0n) is 10.6. The van der Waals surface area contributed by atoms with Crippen LogP contribution in [0.4, 0.5) is 5.69 Å². The molecular weight excluding hydrogens is 236 g/mol. The number of hydrogen-bond acceptors (Lipinski definition) is 2. The number of anilines is 1. The second-order valence-electron chi connectivity index (χ2n) is 4.55. The van der Waals surface area contributed by atoms with Crippen molar-refractivity contribution in [1.82, 2.24) is 5.32 Å². The number of hydrogen-bond donors (Lipinski definition) is 2. The Balaban J connectivity index is 0.00000256. The van der Waals surface area contributed by atoms with Crippen LogP contribution in [0, 0.1) is 11.8 Å². The molecule has 1 amide bonds. The molecule has 1 rings (SSSR count). The average Bonchev–Trinajstić information content (AvgIpc) is 2.26. The number of nitrogen functional groups attached to an aromatic ring is 1. The van der Waals surface area contributed by atoms with Crippen molar-refractivity contribution >= 4 is 24.0 Å². The molecule has 0 radical (unpaired) electrons. The summed E-state index contributed by atoms with van der Waals surface area (Å²) in [6.07, 6.45) is 0. The van der Waals surface area contributed by atoms with Gasteiger partial charge in [-0.2, -0.15) is 0 Å². The van der Waals surface area contributed by atoms with Crippen LogP contribution >= 0.6 is 12.4 Å². The number of benzene rings is 1. The molecule has 0 bridgehead atoms. The van der Waals surface area contributed by atoms with Gasteiger partial charge in [0.15, 0.2) is 0 Å². The summed E-state index contributed by atoms with van der Waals surface area (Å²) in [5, 5.41) is 2.92. The van der Waals surface area contributed by atoms with Crippen LogP contribution in [0.5, 0.6) is 0 Å². The molecule has 96 valence electrons. The summed E-state index contributed by atoms with van der Waals surface area (Å²) in [7, 11) is 0. The Morgan fingerprint density at radius 1 is 1.24 bits per heavy atom. The van der Waals surface area contributed by atoms with Crippen molar-refractivity contribution in [1.29, 1.82) is 0 Å². The molecule has 3 nitrogen and oxygen atoms in total. The third-order valence-electron chi connectivity index (χ3n) is 2.90. The Bertz CT molecular complexity index is 349. The van der Waals surface area contributed by atoms with Crippen molar-refractivity contribution in [3.8, 4) is 0 Å². The van der Waals surface area contributed by atoms with E-state index in [1.54, 1.807) is 24.3 Å². The second-order valence-corrected chi connectivity index (χ2v) is 4.55. The molecular formula is C13H21ClN2O. The van der Waals surface area contributed by atoms with Gasteiger partial charge in [-0.15, -0.1) is 12.4 Å². The predicted octanol–water partition coefficient (Wildman–Crippen LogP) is 2.71. The van der Waals surface area contributed by atoms with Crippen molar-refractivity contribution in [3.05, 3.63) is 29.8 Å². The molecule has 0 heterocycles. The molecule has 1 unspecified atom stereocenters. The molecule has 1 atom stereocenters. The topological polar surface area (TPSA) is 55.1 Å². The summed E-state index contributed by atoms with van der Waals surface area (Å²) in [4.78, 5) is 11.7. The van der Waals surface area contributed by atoms with E-state index in [0.717, 1.165) is 0 Å². The molecule has 0 saturated heterocycles. The van der Waals surface area contributed by atoms with Crippen LogP contribution in [-0.2, 0) is 0 Å². The van der Waals surface area contributed by atoms with Gasteiger partial charge in [0.25, 0.3) is 5.91 Å². The van der Waals surface area contributed by atoms with Gasteiger partial charge in [0.1, 0.15) is 0 Å². The lowest BCUT2D eigenvalue weighted by Gasteiger charge is -2.16. The Hall–Kier alpha value is -1.22. The highest BCUT2D eigenvalue weighted by molar-refractivity contribution is 5.94. The van der Waals surface area contributed by atoms with Gasteiger partial charge in [-0.05, 0) is 36.1 Å². The normalized spacial score (nSPS) is 11.8. The van der Waals surface area contributed by atoms with Crippen LogP contribution in [0.15, 0.2) is 24.3 Å². The number of nitrogens with two attached hydrogens (primary N) is 1. The van der Waals surface area contributed by atoms with E-state index in [-0.39, 0.29) is 18.3 Å². The SMILES string of the molecule is CC(C)C(C)CNC(=O)c1ccc(N)cc1.Cl. The molecule has 1 aromatic rings. The standard InChI is InChI=1S/C13H20N2O.ClH/c1-9(2)10(3)8-15-13(16)11-4-6-12(14)7-5-11;/h4-7,9-10H,8,14H2,1-3H3,(H,15,16);1H. The zero-order chi connectivity index (χ0) is 12.1. The fraction of sp³-hybridized carbons (Fsp3) is 0.462. The summed E-state index contributed by atoms with van der Waals surface area (Å²) in [5.41, 5.74) is 6.89. The van der Waals surface area contributed by atoms with Crippen LogP contribution in [-0.4, -0.2) is 12.5 Å². The van der Waals surface area contributed by atoms with Crippen LogP contribution in [0.1, 0.15) is 31.1 Å². The highest BCUT2D eigenvalue weighted by Crippen LogP contribution is 2.09. The van der Waals surface area contributed by atoms with Crippen molar-refractivity contribution in [2.45, 2.75) is 20.8 Å². The van der Waals surface area contributed by atoms with Crippen LogP contribution in [0.25, 0.3) is 0 Å². The first-order valence-corrected chi connectivity index (χ1v) is 5.64. The lowest BCUT2D eigenvalue weighted by molar-refractivity contribution is 0.0945. The van der Waals surface area contributed by atoms with Crippen LogP contribution < -0.4 is 11.1 Å². The van der Waals surface area contributed by atoms with Crippen molar-refractivity contribution in [2.75, 3.05) is 12.3 Å². The minimum absolute atomic E-state index is 0. The highest BCUT2D eigenvalue weighted by atomic mass is 35.5. The molecule has 4 heteroatoms. The summed E-state index contributed by atoms with van der Waals surface area (Å²) in [6, 6.07) is 6.96. The molecule has 0 aromatic heterocycles. The largest absolute Gasteiger partial charge is 0.399 e. The molecule has 3 N–H and O–H groups in total. The van der Waals surface area contributed by atoms with E-state index >= 15 is 0 Å². The molecule has 0 aliphatic carbocycles. The van der Waals surface area contributed by atoms with Gasteiger partial charge < -0.3 is 11.1 Å². The maximum absolute atomic E-state index is 11.7. The van der Waals surface area contributed by atoms with E-state index < -0.39 is 0 Å². The van der Waals surface area contributed by atoms with Gasteiger partial charge in [0.05, 0.1) is 0 Å².